The second-order valence-corrected chi connectivity index (χ2v) is 4.06. The average Bonchev–Trinajstić information content (AvgIpc) is 2.29. The zero-order valence-corrected chi connectivity index (χ0v) is 8.68. The van der Waals surface area contributed by atoms with Gasteiger partial charge in [0.15, 0.2) is 0 Å². The molecule has 3 rings (SSSR count). The zero-order valence-electron chi connectivity index (χ0n) is 8.68. The third kappa shape index (κ3) is 1.14. The SMILES string of the molecule is N#CC1(c2ccnc3ccccc23)COC1. The number of nitriles is 1. The summed E-state index contributed by atoms with van der Waals surface area (Å²) in [5, 5.41) is 10.3. The first-order valence-corrected chi connectivity index (χ1v) is 5.19. The maximum atomic E-state index is 9.30. The number of nitrogens with zero attached hydrogens (tertiary/aromatic N) is 2. The summed E-state index contributed by atoms with van der Waals surface area (Å²) in [6.45, 7) is 0.967. The molecule has 0 bridgehead atoms. The van der Waals surface area contributed by atoms with Crippen molar-refractivity contribution in [3.63, 3.8) is 0 Å². The molecule has 16 heavy (non-hydrogen) atoms. The number of pyridine rings is 1. The molecule has 1 fully saturated rings. The van der Waals surface area contributed by atoms with Crippen molar-refractivity contribution in [1.29, 1.82) is 5.26 Å². The topological polar surface area (TPSA) is 45.9 Å². The van der Waals surface area contributed by atoms with Crippen molar-refractivity contribution in [1.82, 2.24) is 4.98 Å². The highest BCUT2D eigenvalue weighted by molar-refractivity contribution is 5.83. The Morgan fingerprint density at radius 1 is 1.25 bits per heavy atom. The van der Waals surface area contributed by atoms with Gasteiger partial charge in [0, 0.05) is 11.6 Å². The Morgan fingerprint density at radius 2 is 2.06 bits per heavy atom. The van der Waals surface area contributed by atoms with Crippen LogP contribution in [0.1, 0.15) is 5.56 Å². The quantitative estimate of drug-likeness (QED) is 0.723. The van der Waals surface area contributed by atoms with E-state index in [0.717, 1.165) is 16.5 Å². The molecule has 2 aromatic rings. The van der Waals surface area contributed by atoms with Crippen molar-refractivity contribution >= 4 is 10.9 Å². The molecule has 0 amide bonds. The molecule has 2 heterocycles. The van der Waals surface area contributed by atoms with E-state index in [0.29, 0.717) is 13.2 Å². The Bertz CT molecular complexity index is 576. The number of para-hydroxylation sites is 1. The van der Waals surface area contributed by atoms with Crippen LogP contribution in [0.3, 0.4) is 0 Å². The minimum absolute atomic E-state index is 0.470. The number of fused-ring (bicyclic) bond motifs is 1. The van der Waals surface area contributed by atoms with E-state index in [1.54, 1.807) is 6.20 Å². The first-order valence-electron chi connectivity index (χ1n) is 5.19. The van der Waals surface area contributed by atoms with Crippen LogP contribution in [0, 0.1) is 11.3 Å². The van der Waals surface area contributed by atoms with Gasteiger partial charge in [-0.05, 0) is 17.7 Å². The first kappa shape index (κ1) is 9.32. The van der Waals surface area contributed by atoms with Crippen LogP contribution < -0.4 is 0 Å². The van der Waals surface area contributed by atoms with Gasteiger partial charge in [0.05, 0.1) is 24.8 Å². The molecular formula is C13H10N2O. The van der Waals surface area contributed by atoms with Gasteiger partial charge in [0.1, 0.15) is 5.41 Å². The van der Waals surface area contributed by atoms with Crippen LogP contribution >= 0.6 is 0 Å². The molecule has 0 unspecified atom stereocenters. The number of aromatic nitrogens is 1. The van der Waals surface area contributed by atoms with E-state index in [1.807, 2.05) is 30.3 Å². The normalized spacial score (nSPS) is 17.7. The van der Waals surface area contributed by atoms with Gasteiger partial charge >= 0.3 is 0 Å². The van der Waals surface area contributed by atoms with E-state index in [1.165, 1.54) is 0 Å². The Morgan fingerprint density at radius 3 is 2.75 bits per heavy atom. The summed E-state index contributed by atoms with van der Waals surface area (Å²) in [7, 11) is 0. The second kappa shape index (κ2) is 3.29. The largest absolute Gasteiger partial charge is 0.377 e. The highest BCUT2D eigenvalue weighted by Crippen LogP contribution is 2.35. The van der Waals surface area contributed by atoms with E-state index < -0.39 is 5.41 Å². The molecule has 3 heteroatoms. The van der Waals surface area contributed by atoms with Crippen LogP contribution in [0.5, 0.6) is 0 Å². The lowest BCUT2D eigenvalue weighted by atomic mass is 9.79. The minimum atomic E-state index is -0.470. The number of rotatable bonds is 1. The summed E-state index contributed by atoms with van der Waals surface area (Å²) in [5.74, 6) is 0. The van der Waals surface area contributed by atoms with E-state index in [-0.39, 0.29) is 0 Å². The molecule has 1 aliphatic heterocycles. The maximum absolute atomic E-state index is 9.30. The molecule has 0 saturated carbocycles. The number of hydrogen-bond acceptors (Lipinski definition) is 3. The Kier molecular flexibility index (Phi) is 1.92. The van der Waals surface area contributed by atoms with Gasteiger partial charge in [-0.15, -0.1) is 0 Å². The molecule has 0 radical (unpaired) electrons. The Labute approximate surface area is 93.3 Å². The molecular weight excluding hydrogens is 200 g/mol. The van der Waals surface area contributed by atoms with Crippen LogP contribution in [0.4, 0.5) is 0 Å². The molecule has 1 aromatic carbocycles. The van der Waals surface area contributed by atoms with Crippen molar-refractivity contribution < 1.29 is 4.74 Å². The van der Waals surface area contributed by atoms with Crippen molar-refractivity contribution in [3.05, 3.63) is 42.1 Å². The summed E-state index contributed by atoms with van der Waals surface area (Å²) in [5.41, 5.74) is 1.50. The maximum Gasteiger partial charge on any atom is 0.129 e. The van der Waals surface area contributed by atoms with Gasteiger partial charge in [0.25, 0.3) is 0 Å². The molecule has 0 N–H and O–H groups in total. The molecule has 1 saturated heterocycles. The van der Waals surface area contributed by atoms with Gasteiger partial charge < -0.3 is 4.74 Å². The minimum Gasteiger partial charge on any atom is -0.377 e. The Hall–Kier alpha value is -1.92. The molecule has 3 nitrogen and oxygen atoms in total. The molecule has 1 aromatic heterocycles. The number of benzene rings is 1. The third-order valence-corrected chi connectivity index (χ3v) is 3.08. The Balaban J connectivity index is 2.28. The van der Waals surface area contributed by atoms with Gasteiger partial charge in [-0.2, -0.15) is 5.26 Å². The summed E-state index contributed by atoms with van der Waals surface area (Å²) in [6.07, 6.45) is 1.76. The molecule has 78 valence electrons. The van der Waals surface area contributed by atoms with Gasteiger partial charge in [-0.3, -0.25) is 4.98 Å². The fraction of sp³-hybridized carbons (Fsp3) is 0.231. The van der Waals surface area contributed by atoms with Crippen LogP contribution in [-0.4, -0.2) is 18.2 Å². The summed E-state index contributed by atoms with van der Waals surface area (Å²) >= 11 is 0. The second-order valence-electron chi connectivity index (χ2n) is 4.06. The molecule has 0 atom stereocenters. The van der Waals surface area contributed by atoms with Crippen molar-refractivity contribution in [2.24, 2.45) is 0 Å². The lowest BCUT2D eigenvalue weighted by molar-refractivity contribution is -0.0291. The van der Waals surface area contributed by atoms with E-state index in [2.05, 4.69) is 11.1 Å². The van der Waals surface area contributed by atoms with Crippen molar-refractivity contribution in [3.8, 4) is 6.07 Å². The van der Waals surface area contributed by atoms with Gasteiger partial charge in [-0.25, -0.2) is 0 Å². The first-order chi connectivity index (χ1) is 7.86. The monoisotopic (exact) mass is 210 g/mol. The van der Waals surface area contributed by atoms with Crippen LogP contribution in [0.15, 0.2) is 36.5 Å². The third-order valence-electron chi connectivity index (χ3n) is 3.08. The summed E-state index contributed by atoms with van der Waals surface area (Å²) in [4.78, 5) is 4.30. The zero-order chi connectivity index (χ0) is 11.0. The lowest BCUT2D eigenvalue weighted by Gasteiger charge is -2.36. The van der Waals surface area contributed by atoms with E-state index >= 15 is 0 Å². The van der Waals surface area contributed by atoms with Crippen molar-refractivity contribution in [2.75, 3.05) is 13.2 Å². The number of hydrogen-bond donors (Lipinski definition) is 0. The summed E-state index contributed by atoms with van der Waals surface area (Å²) < 4.78 is 5.19. The van der Waals surface area contributed by atoms with Crippen molar-refractivity contribution in [2.45, 2.75) is 5.41 Å². The smallest absolute Gasteiger partial charge is 0.129 e. The predicted octanol–water partition coefficient (Wildman–Crippen LogP) is 2.03. The van der Waals surface area contributed by atoms with Crippen LogP contribution in [-0.2, 0) is 10.2 Å². The van der Waals surface area contributed by atoms with Gasteiger partial charge in [-0.1, -0.05) is 18.2 Å². The summed E-state index contributed by atoms with van der Waals surface area (Å²) in [6, 6.07) is 12.2. The van der Waals surface area contributed by atoms with Gasteiger partial charge in [0.2, 0.25) is 0 Å². The fourth-order valence-electron chi connectivity index (χ4n) is 2.10. The van der Waals surface area contributed by atoms with Crippen LogP contribution in [0.2, 0.25) is 0 Å². The lowest BCUT2D eigenvalue weighted by Crippen LogP contribution is -2.45. The molecule has 0 aliphatic carbocycles. The van der Waals surface area contributed by atoms with E-state index in [9.17, 15) is 5.26 Å². The predicted molar refractivity (Wildman–Crippen MR) is 59.9 cm³/mol. The fourth-order valence-corrected chi connectivity index (χ4v) is 2.10. The molecule has 1 aliphatic rings. The average molecular weight is 210 g/mol. The standard InChI is InChI=1S/C13H10N2O/c14-7-13(8-16-9-13)11-5-6-15-12-4-2-1-3-10(11)12/h1-6H,8-9H2. The highest BCUT2D eigenvalue weighted by Gasteiger charge is 2.41. The van der Waals surface area contributed by atoms with E-state index in [4.69, 9.17) is 4.74 Å². The van der Waals surface area contributed by atoms with Crippen LogP contribution in [0.25, 0.3) is 10.9 Å². The highest BCUT2D eigenvalue weighted by atomic mass is 16.5. The number of ether oxygens (including phenoxy) is 1. The molecule has 0 spiro atoms.